The fourth-order valence-corrected chi connectivity index (χ4v) is 5.34. The van der Waals surface area contributed by atoms with Crippen LogP contribution in [0.2, 0.25) is 0 Å². The molecule has 0 unspecified atom stereocenters. The first kappa shape index (κ1) is 23.5. The van der Waals surface area contributed by atoms with Crippen LogP contribution in [-0.2, 0) is 11.3 Å². The largest absolute Gasteiger partial charge is 0.372 e. The molecule has 0 N–H and O–H groups in total. The van der Waals surface area contributed by atoms with Crippen LogP contribution in [0, 0.1) is 0 Å². The van der Waals surface area contributed by atoms with Crippen molar-refractivity contribution < 1.29 is 4.74 Å². The van der Waals surface area contributed by atoms with Crippen LogP contribution >= 0.6 is 0 Å². The lowest BCUT2D eigenvalue weighted by atomic mass is 9.94. The van der Waals surface area contributed by atoms with Gasteiger partial charge in [0, 0.05) is 55.9 Å². The van der Waals surface area contributed by atoms with Gasteiger partial charge in [-0.05, 0) is 49.6 Å². The Hall–Kier alpha value is -3.19. The molecule has 1 atom stereocenters. The Morgan fingerprint density at radius 1 is 1.06 bits per heavy atom. The number of anilines is 2. The van der Waals surface area contributed by atoms with Crippen LogP contribution in [0.4, 0.5) is 11.6 Å². The zero-order valence-corrected chi connectivity index (χ0v) is 20.8. The summed E-state index contributed by atoms with van der Waals surface area (Å²) in [5.41, 5.74) is 3.95. The van der Waals surface area contributed by atoms with Gasteiger partial charge in [-0.1, -0.05) is 31.4 Å². The van der Waals surface area contributed by atoms with Crippen molar-refractivity contribution in [2.45, 2.75) is 57.7 Å². The highest BCUT2D eigenvalue weighted by molar-refractivity contribution is 5.59. The summed E-state index contributed by atoms with van der Waals surface area (Å²) in [4.78, 5) is 26.6. The topological polar surface area (TPSA) is 63.5 Å². The van der Waals surface area contributed by atoms with E-state index in [0.717, 1.165) is 11.1 Å². The molecule has 0 spiro atoms. The summed E-state index contributed by atoms with van der Waals surface area (Å²) in [6.07, 6.45) is 9.98. The van der Waals surface area contributed by atoms with Crippen molar-refractivity contribution in [1.82, 2.24) is 14.5 Å². The second kappa shape index (κ2) is 10.6. The Labute approximate surface area is 207 Å². The van der Waals surface area contributed by atoms with E-state index in [9.17, 15) is 4.79 Å². The zero-order chi connectivity index (χ0) is 24.2. The predicted octanol–water partition coefficient (Wildman–Crippen LogP) is 4.67. The number of benzene rings is 1. The highest BCUT2D eigenvalue weighted by Gasteiger charge is 2.26. The Morgan fingerprint density at radius 3 is 2.51 bits per heavy atom. The van der Waals surface area contributed by atoms with Crippen molar-refractivity contribution in [3.63, 3.8) is 0 Å². The summed E-state index contributed by atoms with van der Waals surface area (Å²) in [5, 5.41) is 0. The Balaban J connectivity index is 1.36. The quantitative estimate of drug-likeness (QED) is 0.518. The van der Waals surface area contributed by atoms with E-state index < -0.39 is 0 Å². The summed E-state index contributed by atoms with van der Waals surface area (Å²) in [6.45, 7) is 4.50. The van der Waals surface area contributed by atoms with Crippen molar-refractivity contribution in [2.75, 3.05) is 36.5 Å². The van der Waals surface area contributed by atoms with Gasteiger partial charge < -0.3 is 14.5 Å². The first-order valence-corrected chi connectivity index (χ1v) is 12.9. The van der Waals surface area contributed by atoms with E-state index in [4.69, 9.17) is 9.72 Å². The number of ether oxygens (including phenoxy) is 1. The summed E-state index contributed by atoms with van der Waals surface area (Å²) < 4.78 is 7.92. The van der Waals surface area contributed by atoms with Crippen molar-refractivity contribution >= 4 is 11.6 Å². The number of pyridine rings is 1. The zero-order valence-electron chi connectivity index (χ0n) is 20.8. The second-order valence-corrected chi connectivity index (χ2v) is 9.56. The number of rotatable bonds is 6. The van der Waals surface area contributed by atoms with Gasteiger partial charge in [-0.2, -0.15) is 0 Å². The van der Waals surface area contributed by atoms with E-state index in [1.165, 1.54) is 37.8 Å². The Kier molecular flexibility index (Phi) is 7.13. The van der Waals surface area contributed by atoms with Crippen LogP contribution in [-0.4, -0.2) is 47.3 Å². The maximum absolute atomic E-state index is 12.9. The fourth-order valence-electron chi connectivity index (χ4n) is 5.34. The van der Waals surface area contributed by atoms with Gasteiger partial charge in [0.05, 0.1) is 18.8 Å². The van der Waals surface area contributed by atoms with Crippen LogP contribution in [0.25, 0.3) is 11.3 Å². The van der Waals surface area contributed by atoms with Gasteiger partial charge in [-0.3, -0.25) is 14.3 Å². The molecule has 0 radical (unpaired) electrons. The molecule has 1 aliphatic heterocycles. The van der Waals surface area contributed by atoms with Crippen molar-refractivity contribution in [1.29, 1.82) is 0 Å². The number of hydrogen-bond donors (Lipinski definition) is 0. The molecular weight excluding hydrogens is 438 g/mol. The molecule has 1 saturated carbocycles. The van der Waals surface area contributed by atoms with E-state index in [-0.39, 0.29) is 11.7 Å². The molecule has 0 amide bonds. The fraction of sp³-hybridized carbons (Fsp3) is 0.464. The third-order valence-electron chi connectivity index (χ3n) is 7.42. The summed E-state index contributed by atoms with van der Waals surface area (Å²) in [5.74, 6) is 0.703. The van der Waals surface area contributed by atoms with Gasteiger partial charge in [0.25, 0.3) is 5.56 Å². The summed E-state index contributed by atoms with van der Waals surface area (Å²) in [7, 11) is 2.22. The van der Waals surface area contributed by atoms with Crippen LogP contribution in [0.3, 0.4) is 0 Å². The Bertz CT molecular complexity index is 1170. The summed E-state index contributed by atoms with van der Waals surface area (Å²) in [6, 6.07) is 14.8. The maximum Gasteiger partial charge on any atom is 0.255 e. The molecule has 3 aromatic rings. The van der Waals surface area contributed by atoms with Crippen molar-refractivity contribution in [2.24, 2.45) is 0 Å². The minimum absolute atomic E-state index is 0.0394. The summed E-state index contributed by atoms with van der Waals surface area (Å²) >= 11 is 0. The standard InChI is InChI=1S/C28H35N5O2/c1-3-33-27(34)19-25(21-13-15-29-16-14-21)30-28(33)32-17-18-35-26(20-32)22-9-11-24(12-10-22)31(2)23-7-5-4-6-8-23/h9-16,19,23,26H,3-8,17-18,20H2,1-2H3/t26-/m1/s1. The first-order chi connectivity index (χ1) is 17.1. The monoisotopic (exact) mass is 473 g/mol. The maximum atomic E-state index is 12.9. The van der Waals surface area contributed by atoms with Crippen LogP contribution in [0.15, 0.2) is 59.7 Å². The van der Waals surface area contributed by atoms with Crippen molar-refractivity contribution in [3.05, 3.63) is 70.8 Å². The van der Waals surface area contributed by atoms with Gasteiger partial charge in [0.15, 0.2) is 0 Å². The minimum Gasteiger partial charge on any atom is -0.372 e. The predicted molar refractivity (Wildman–Crippen MR) is 140 cm³/mol. The number of hydrogen-bond acceptors (Lipinski definition) is 6. The molecular formula is C28H35N5O2. The molecule has 35 heavy (non-hydrogen) atoms. The Morgan fingerprint density at radius 2 is 1.80 bits per heavy atom. The van der Waals surface area contributed by atoms with E-state index in [1.54, 1.807) is 23.0 Å². The van der Waals surface area contributed by atoms with Gasteiger partial charge in [-0.15, -0.1) is 0 Å². The first-order valence-electron chi connectivity index (χ1n) is 12.9. The average Bonchev–Trinajstić information content (AvgIpc) is 2.93. The lowest BCUT2D eigenvalue weighted by Gasteiger charge is -2.35. The lowest BCUT2D eigenvalue weighted by molar-refractivity contribution is 0.0389. The smallest absolute Gasteiger partial charge is 0.255 e. The average molecular weight is 474 g/mol. The molecule has 1 aromatic carbocycles. The minimum atomic E-state index is -0.0652. The van der Waals surface area contributed by atoms with Crippen LogP contribution in [0.5, 0.6) is 0 Å². The number of morpholine rings is 1. The van der Waals surface area contributed by atoms with Gasteiger partial charge >= 0.3 is 0 Å². The molecule has 2 fully saturated rings. The van der Waals surface area contributed by atoms with Crippen LogP contribution < -0.4 is 15.4 Å². The molecule has 0 bridgehead atoms. The molecule has 2 aromatic heterocycles. The molecule has 7 nitrogen and oxygen atoms in total. The van der Waals surface area contributed by atoms with E-state index in [1.807, 2.05) is 19.1 Å². The number of aromatic nitrogens is 3. The molecule has 1 aliphatic carbocycles. The van der Waals surface area contributed by atoms with E-state index in [2.05, 4.69) is 46.1 Å². The molecule has 7 heteroatoms. The van der Waals surface area contributed by atoms with Crippen molar-refractivity contribution in [3.8, 4) is 11.3 Å². The molecule has 3 heterocycles. The molecule has 184 valence electrons. The number of nitrogens with zero attached hydrogens (tertiary/aromatic N) is 5. The highest BCUT2D eigenvalue weighted by Crippen LogP contribution is 2.30. The van der Waals surface area contributed by atoms with Gasteiger partial charge in [0.2, 0.25) is 5.95 Å². The lowest BCUT2D eigenvalue weighted by Crippen LogP contribution is -2.42. The second-order valence-electron chi connectivity index (χ2n) is 9.56. The van der Waals surface area contributed by atoms with E-state index >= 15 is 0 Å². The SMILES string of the molecule is CCn1c(N2CCO[C@@H](c3ccc(N(C)C4CCCCC4)cc3)C2)nc(-c2ccncc2)cc1=O. The van der Waals surface area contributed by atoms with Crippen LogP contribution in [0.1, 0.15) is 50.7 Å². The molecule has 2 aliphatic rings. The van der Waals surface area contributed by atoms with Gasteiger partial charge in [-0.25, -0.2) is 4.98 Å². The normalized spacial score (nSPS) is 19.0. The third kappa shape index (κ3) is 5.10. The van der Waals surface area contributed by atoms with E-state index in [0.29, 0.717) is 43.9 Å². The highest BCUT2D eigenvalue weighted by atomic mass is 16.5. The molecule has 5 rings (SSSR count). The third-order valence-corrected chi connectivity index (χ3v) is 7.42. The molecule has 1 saturated heterocycles. The van der Waals surface area contributed by atoms with Gasteiger partial charge in [0.1, 0.15) is 6.10 Å².